The van der Waals surface area contributed by atoms with E-state index in [1.54, 1.807) is 9.58 Å². The molecule has 4 rings (SSSR count). The van der Waals surface area contributed by atoms with Crippen LogP contribution in [0.2, 0.25) is 0 Å². The van der Waals surface area contributed by atoms with Crippen LogP contribution in [0.3, 0.4) is 0 Å². The van der Waals surface area contributed by atoms with Crippen molar-refractivity contribution < 1.29 is 0 Å². The number of nitrogens with zero attached hydrogens (tertiary/aromatic N) is 4. The zero-order valence-electron chi connectivity index (χ0n) is 11.4. The molecule has 0 fully saturated rings. The summed E-state index contributed by atoms with van der Waals surface area (Å²) in [6, 6.07) is 12.4. The molecule has 0 aliphatic rings. The molecule has 0 radical (unpaired) electrons. The molecular weight excluding hydrogens is 248 g/mol. The SMILES string of the molecule is Cc1cccc2cn(-n3cc4cccc(C)c4n3)nc12. The van der Waals surface area contributed by atoms with Crippen molar-refractivity contribution in [1.29, 1.82) is 0 Å². The van der Waals surface area contributed by atoms with Gasteiger partial charge in [0.15, 0.2) is 0 Å². The molecular formula is C16H14N4. The predicted molar refractivity (Wildman–Crippen MR) is 79.7 cm³/mol. The highest BCUT2D eigenvalue weighted by molar-refractivity contribution is 5.82. The summed E-state index contributed by atoms with van der Waals surface area (Å²) in [5.41, 5.74) is 4.39. The van der Waals surface area contributed by atoms with Gasteiger partial charge in [-0.1, -0.05) is 36.4 Å². The summed E-state index contributed by atoms with van der Waals surface area (Å²) in [6.07, 6.45) is 4.01. The van der Waals surface area contributed by atoms with Crippen LogP contribution in [0.5, 0.6) is 0 Å². The average Bonchev–Trinajstić information content (AvgIpc) is 3.03. The van der Waals surface area contributed by atoms with E-state index in [1.807, 2.05) is 24.5 Å². The van der Waals surface area contributed by atoms with Crippen molar-refractivity contribution in [3.63, 3.8) is 0 Å². The lowest BCUT2D eigenvalue weighted by Crippen LogP contribution is -2.09. The maximum atomic E-state index is 4.62. The van der Waals surface area contributed by atoms with Crippen molar-refractivity contribution in [1.82, 2.24) is 19.8 Å². The van der Waals surface area contributed by atoms with Crippen LogP contribution < -0.4 is 0 Å². The van der Waals surface area contributed by atoms with Gasteiger partial charge in [0.1, 0.15) is 0 Å². The fourth-order valence-corrected chi connectivity index (χ4v) is 2.57. The van der Waals surface area contributed by atoms with Gasteiger partial charge in [0.25, 0.3) is 0 Å². The molecule has 98 valence electrons. The smallest absolute Gasteiger partial charge is 0.0974 e. The number of hydrogen-bond acceptors (Lipinski definition) is 2. The van der Waals surface area contributed by atoms with Crippen LogP contribution in [0.1, 0.15) is 11.1 Å². The molecule has 4 heteroatoms. The van der Waals surface area contributed by atoms with Crippen molar-refractivity contribution in [2.75, 3.05) is 0 Å². The maximum Gasteiger partial charge on any atom is 0.0974 e. The average molecular weight is 262 g/mol. The lowest BCUT2D eigenvalue weighted by atomic mass is 10.2. The Morgan fingerprint density at radius 1 is 0.700 bits per heavy atom. The molecule has 0 aliphatic carbocycles. The molecule has 0 bridgehead atoms. The topological polar surface area (TPSA) is 35.6 Å². The fourth-order valence-electron chi connectivity index (χ4n) is 2.57. The van der Waals surface area contributed by atoms with E-state index in [1.165, 1.54) is 11.1 Å². The highest BCUT2D eigenvalue weighted by Gasteiger charge is 2.07. The molecule has 0 N–H and O–H groups in total. The van der Waals surface area contributed by atoms with Gasteiger partial charge in [-0.25, -0.2) is 0 Å². The Bertz CT molecular complexity index is 852. The van der Waals surface area contributed by atoms with Crippen LogP contribution >= 0.6 is 0 Å². The Balaban J connectivity index is 1.96. The minimum atomic E-state index is 1.02. The number of fused-ring (bicyclic) bond motifs is 2. The highest BCUT2D eigenvalue weighted by Crippen LogP contribution is 2.19. The number of benzene rings is 2. The third kappa shape index (κ3) is 1.54. The maximum absolute atomic E-state index is 4.62. The lowest BCUT2D eigenvalue weighted by Gasteiger charge is -1.98. The Morgan fingerprint density at radius 2 is 1.15 bits per heavy atom. The Kier molecular flexibility index (Phi) is 2.21. The molecule has 2 heterocycles. The summed E-state index contributed by atoms with van der Waals surface area (Å²) < 4.78 is 0. The second-order valence-electron chi connectivity index (χ2n) is 5.12. The van der Waals surface area contributed by atoms with Crippen LogP contribution in [-0.4, -0.2) is 19.8 Å². The van der Waals surface area contributed by atoms with E-state index in [9.17, 15) is 0 Å². The molecule has 2 aromatic heterocycles. The summed E-state index contributed by atoms with van der Waals surface area (Å²) in [5.74, 6) is 0. The molecule has 0 spiro atoms. The van der Waals surface area contributed by atoms with E-state index in [4.69, 9.17) is 0 Å². The first kappa shape index (κ1) is 11.2. The van der Waals surface area contributed by atoms with Crippen molar-refractivity contribution in [2.24, 2.45) is 0 Å². The zero-order valence-corrected chi connectivity index (χ0v) is 11.4. The molecule has 0 aliphatic heterocycles. The van der Waals surface area contributed by atoms with Gasteiger partial charge in [0.05, 0.1) is 23.4 Å². The van der Waals surface area contributed by atoms with Crippen LogP contribution in [-0.2, 0) is 0 Å². The molecule has 4 aromatic rings. The molecule has 0 atom stereocenters. The number of rotatable bonds is 1. The van der Waals surface area contributed by atoms with Gasteiger partial charge < -0.3 is 0 Å². The van der Waals surface area contributed by atoms with Gasteiger partial charge in [-0.2, -0.15) is 19.8 Å². The van der Waals surface area contributed by atoms with E-state index in [0.717, 1.165) is 21.8 Å². The highest BCUT2D eigenvalue weighted by atomic mass is 15.7. The first-order chi connectivity index (χ1) is 9.72. The molecule has 4 nitrogen and oxygen atoms in total. The van der Waals surface area contributed by atoms with Crippen LogP contribution in [0.15, 0.2) is 48.8 Å². The second-order valence-corrected chi connectivity index (χ2v) is 5.12. The number of hydrogen-bond donors (Lipinski definition) is 0. The Morgan fingerprint density at radius 3 is 1.55 bits per heavy atom. The standard InChI is InChI=1S/C16H14N4/c1-11-5-3-7-13-9-19(17-15(11)13)20-10-14-8-4-6-12(2)16(14)18-20/h3-10H,1-2H3. The van der Waals surface area contributed by atoms with Gasteiger partial charge in [0.2, 0.25) is 0 Å². The van der Waals surface area contributed by atoms with Gasteiger partial charge >= 0.3 is 0 Å². The monoisotopic (exact) mass is 262 g/mol. The Labute approximate surface area is 116 Å². The minimum absolute atomic E-state index is 1.02. The van der Waals surface area contributed by atoms with Gasteiger partial charge in [-0.15, -0.1) is 0 Å². The van der Waals surface area contributed by atoms with Gasteiger partial charge in [-0.05, 0) is 25.0 Å². The van der Waals surface area contributed by atoms with Crippen molar-refractivity contribution >= 4 is 21.8 Å². The summed E-state index contributed by atoms with van der Waals surface area (Å²) in [6.45, 7) is 4.15. The van der Waals surface area contributed by atoms with E-state index < -0.39 is 0 Å². The van der Waals surface area contributed by atoms with E-state index >= 15 is 0 Å². The van der Waals surface area contributed by atoms with E-state index in [0.29, 0.717) is 0 Å². The molecule has 0 saturated heterocycles. The molecule has 0 saturated carbocycles. The minimum Gasteiger partial charge on any atom is -0.158 e. The summed E-state index contributed by atoms with van der Waals surface area (Å²) in [7, 11) is 0. The van der Waals surface area contributed by atoms with Crippen molar-refractivity contribution in [3.8, 4) is 0 Å². The summed E-state index contributed by atoms with van der Waals surface area (Å²) >= 11 is 0. The summed E-state index contributed by atoms with van der Waals surface area (Å²) in [4.78, 5) is 3.58. The third-order valence-corrected chi connectivity index (χ3v) is 3.66. The zero-order chi connectivity index (χ0) is 13.7. The van der Waals surface area contributed by atoms with E-state index in [-0.39, 0.29) is 0 Å². The van der Waals surface area contributed by atoms with Crippen molar-refractivity contribution in [3.05, 3.63) is 59.9 Å². The molecule has 0 amide bonds. The molecule has 20 heavy (non-hydrogen) atoms. The largest absolute Gasteiger partial charge is 0.158 e. The number of aromatic nitrogens is 4. The summed E-state index contributed by atoms with van der Waals surface area (Å²) in [5, 5.41) is 11.5. The van der Waals surface area contributed by atoms with Crippen LogP contribution in [0.25, 0.3) is 21.8 Å². The van der Waals surface area contributed by atoms with Crippen LogP contribution in [0, 0.1) is 13.8 Å². The molecule has 0 unspecified atom stereocenters. The van der Waals surface area contributed by atoms with Gasteiger partial charge in [-0.3, -0.25) is 0 Å². The first-order valence-electron chi connectivity index (χ1n) is 6.63. The van der Waals surface area contributed by atoms with Crippen molar-refractivity contribution in [2.45, 2.75) is 13.8 Å². The first-order valence-corrected chi connectivity index (χ1v) is 6.63. The normalized spacial score (nSPS) is 11.5. The quantitative estimate of drug-likeness (QED) is 0.527. The third-order valence-electron chi connectivity index (χ3n) is 3.66. The fraction of sp³-hybridized carbons (Fsp3) is 0.125. The number of aryl methyl sites for hydroxylation is 2. The van der Waals surface area contributed by atoms with Gasteiger partial charge in [0, 0.05) is 10.8 Å². The van der Waals surface area contributed by atoms with E-state index in [2.05, 4.69) is 48.3 Å². The lowest BCUT2D eigenvalue weighted by molar-refractivity contribution is 0.517. The van der Waals surface area contributed by atoms with Crippen LogP contribution in [0.4, 0.5) is 0 Å². The predicted octanol–water partition coefficient (Wildman–Crippen LogP) is 3.31. The Hall–Kier alpha value is -2.62. The second kappa shape index (κ2) is 3.93. The molecule has 2 aromatic carbocycles.